The zero-order valence-corrected chi connectivity index (χ0v) is 14.6. The first-order chi connectivity index (χ1) is 9.10. The summed E-state index contributed by atoms with van der Waals surface area (Å²) in [6.07, 6.45) is 0. The molecule has 0 unspecified atom stereocenters. The fourth-order valence-electron chi connectivity index (χ4n) is 1.81. The Morgan fingerprint density at radius 3 is 2.80 bits per heavy atom. The number of ether oxygens (including phenoxy) is 1. The number of hydrogen-bond donors (Lipinski definition) is 0. The van der Waals surface area contributed by atoms with E-state index in [2.05, 4.69) is 4.98 Å². The number of aryl methyl sites for hydroxylation is 1. The molecule has 0 amide bonds. The molecule has 20 heavy (non-hydrogen) atoms. The van der Waals surface area contributed by atoms with Crippen molar-refractivity contribution in [3.05, 3.63) is 30.0 Å². The fraction of sp³-hybridized carbons (Fsp3) is 0.286. The minimum absolute atomic E-state index is 0. The number of carbonyl (C=O) groups excluding carboxylic acids is 1. The third-order valence-corrected chi connectivity index (χ3v) is 3.56. The van der Waals surface area contributed by atoms with Crippen LogP contribution in [-0.2, 0) is 4.79 Å². The first-order valence-electron chi connectivity index (χ1n) is 5.97. The van der Waals surface area contributed by atoms with E-state index in [-0.39, 0.29) is 35.3 Å². The maximum atomic E-state index is 10.6. The van der Waals surface area contributed by atoms with Crippen molar-refractivity contribution in [3.8, 4) is 5.75 Å². The van der Waals surface area contributed by atoms with Crippen LogP contribution in [0.1, 0.15) is 12.6 Å². The van der Waals surface area contributed by atoms with Gasteiger partial charge in [-0.05, 0) is 38.1 Å². The van der Waals surface area contributed by atoms with Crippen LogP contribution in [0.5, 0.6) is 5.75 Å². The molecule has 1 aromatic carbocycles. The number of carbonyl (C=O) groups is 1. The molecule has 2 aromatic rings. The molecule has 0 spiro atoms. The Hall–Kier alpha value is -0.750. The van der Waals surface area contributed by atoms with Gasteiger partial charge in [0.2, 0.25) is 0 Å². The van der Waals surface area contributed by atoms with Crippen molar-refractivity contribution in [2.24, 2.45) is 0 Å². The van der Waals surface area contributed by atoms with Crippen molar-refractivity contribution in [2.45, 2.75) is 18.7 Å². The van der Waals surface area contributed by atoms with Gasteiger partial charge in [-0.15, -0.1) is 11.8 Å². The molecule has 4 nitrogen and oxygen atoms in total. The maximum absolute atomic E-state index is 10.6. The third kappa shape index (κ3) is 4.38. The Bertz CT molecular complexity index is 619. The predicted molar refractivity (Wildman–Crippen MR) is 73.4 cm³/mol. The number of benzene rings is 1. The number of rotatable bonds is 5. The van der Waals surface area contributed by atoms with Crippen LogP contribution in [0, 0.1) is 6.92 Å². The van der Waals surface area contributed by atoms with Crippen molar-refractivity contribution >= 4 is 28.6 Å². The SMILES string of the molecule is CCOc1ccc2nc(C)cc(SCC(=O)[O-])c2c1.[Na+]. The summed E-state index contributed by atoms with van der Waals surface area (Å²) in [6, 6.07) is 7.52. The molecular formula is C14H14NNaO3S. The second-order valence-electron chi connectivity index (χ2n) is 4.03. The van der Waals surface area contributed by atoms with E-state index < -0.39 is 5.97 Å². The molecule has 0 radical (unpaired) electrons. The molecule has 0 saturated carbocycles. The molecule has 6 heteroatoms. The maximum Gasteiger partial charge on any atom is 1.00 e. The Balaban J connectivity index is 0.00000200. The van der Waals surface area contributed by atoms with Crippen molar-refractivity contribution in [1.82, 2.24) is 4.98 Å². The summed E-state index contributed by atoms with van der Waals surface area (Å²) in [5.41, 5.74) is 1.70. The summed E-state index contributed by atoms with van der Waals surface area (Å²) in [4.78, 5) is 15.9. The predicted octanol–water partition coefficient (Wildman–Crippen LogP) is -1.21. The summed E-state index contributed by atoms with van der Waals surface area (Å²) in [7, 11) is 0. The summed E-state index contributed by atoms with van der Waals surface area (Å²) >= 11 is 1.24. The van der Waals surface area contributed by atoms with Gasteiger partial charge in [-0.25, -0.2) is 0 Å². The molecule has 0 aliphatic carbocycles. The first-order valence-corrected chi connectivity index (χ1v) is 6.95. The third-order valence-electron chi connectivity index (χ3n) is 2.53. The summed E-state index contributed by atoms with van der Waals surface area (Å²) in [6.45, 7) is 4.40. The van der Waals surface area contributed by atoms with Gasteiger partial charge in [0.25, 0.3) is 0 Å². The largest absolute Gasteiger partial charge is 1.00 e. The zero-order chi connectivity index (χ0) is 13.8. The van der Waals surface area contributed by atoms with Gasteiger partial charge in [0.15, 0.2) is 0 Å². The van der Waals surface area contributed by atoms with Crippen LogP contribution in [0.15, 0.2) is 29.2 Å². The van der Waals surface area contributed by atoms with E-state index in [0.29, 0.717) is 6.61 Å². The molecule has 0 aliphatic rings. The number of aromatic nitrogens is 1. The molecule has 0 bridgehead atoms. The number of carboxylic acids is 1. The van der Waals surface area contributed by atoms with Gasteiger partial charge < -0.3 is 14.6 Å². The van der Waals surface area contributed by atoms with Crippen molar-refractivity contribution in [3.63, 3.8) is 0 Å². The summed E-state index contributed by atoms with van der Waals surface area (Å²) < 4.78 is 5.46. The van der Waals surface area contributed by atoms with E-state index in [9.17, 15) is 9.90 Å². The molecule has 0 saturated heterocycles. The molecule has 100 valence electrons. The van der Waals surface area contributed by atoms with Crippen LogP contribution in [0.25, 0.3) is 10.9 Å². The minimum Gasteiger partial charge on any atom is -0.549 e. The molecule has 1 aromatic heterocycles. The van der Waals surface area contributed by atoms with Crippen LogP contribution in [0.4, 0.5) is 0 Å². The number of thioether (sulfide) groups is 1. The Morgan fingerprint density at radius 1 is 1.40 bits per heavy atom. The smallest absolute Gasteiger partial charge is 0.549 e. The number of pyridine rings is 1. The number of hydrogen-bond acceptors (Lipinski definition) is 5. The van der Waals surface area contributed by atoms with Crippen LogP contribution in [-0.4, -0.2) is 23.3 Å². The monoisotopic (exact) mass is 299 g/mol. The fourth-order valence-corrected chi connectivity index (χ4v) is 2.66. The van der Waals surface area contributed by atoms with Gasteiger partial charge in [0, 0.05) is 21.7 Å². The van der Waals surface area contributed by atoms with Gasteiger partial charge in [-0.3, -0.25) is 4.98 Å². The molecule has 2 rings (SSSR count). The van der Waals surface area contributed by atoms with E-state index in [1.165, 1.54) is 11.8 Å². The second kappa shape index (κ2) is 7.88. The molecular weight excluding hydrogens is 285 g/mol. The van der Waals surface area contributed by atoms with Gasteiger partial charge in [0.1, 0.15) is 5.75 Å². The number of aliphatic carboxylic acids is 1. The van der Waals surface area contributed by atoms with Crippen LogP contribution in [0.3, 0.4) is 0 Å². The van der Waals surface area contributed by atoms with Gasteiger partial charge >= 0.3 is 29.6 Å². The van der Waals surface area contributed by atoms with Gasteiger partial charge in [-0.1, -0.05) is 0 Å². The number of fused-ring (bicyclic) bond motifs is 1. The molecule has 0 atom stereocenters. The van der Waals surface area contributed by atoms with Gasteiger partial charge in [0.05, 0.1) is 18.1 Å². The minimum atomic E-state index is -1.08. The Morgan fingerprint density at radius 2 is 2.15 bits per heavy atom. The van der Waals surface area contributed by atoms with Crippen LogP contribution in [0.2, 0.25) is 0 Å². The number of carboxylic acid groups (broad SMARTS) is 1. The molecule has 0 N–H and O–H groups in total. The van der Waals surface area contributed by atoms with Crippen molar-refractivity contribution in [2.75, 3.05) is 12.4 Å². The Labute approximate surface area is 144 Å². The molecule has 1 heterocycles. The van der Waals surface area contributed by atoms with Gasteiger partial charge in [-0.2, -0.15) is 0 Å². The van der Waals surface area contributed by atoms with Crippen LogP contribution < -0.4 is 39.4 Å². The quantitative estimate of drug-likeness (QED) is 0.512. The Kier molecular flexibility index (Phi) is 6.82. The average molecular weight is 299 g/mol. The summed E-state index contributed by atoms with van der Waals surface area (Å²) in [5.74, 6) is -0.387. The van der Waals surface area contributed by atoms with Crippen LogP contribution >= 0.6 is 11.8 Å². The number of nitrogens with zero attached hydrogens (tertiary/aromatic N) is 1. The molecule has 0 fully saturated rings. The van der Waals surface area contributed by atoms with E-state index in [4.69, 9.17) is 4.74 Å². The zero-order valence-electron chi connectivity index (χ0n) is 11.8. The normalized spacial score (nSPS) is 10.1. The molecule has 0 aliphatic heterocycles. The average Bonchev–Trinajstić information content (AvgIpc) is 2.36. The van der Waals surface area contributed by atoms with E-state index in [1.54, 1.807) is 0 Å². The van der Waals surface area contributed by atoms with Crippen molar-refractivity contribution in [1.29, 1.82) is 0 Å². The van der Waals surface area contributed by atoms with Crippen molar-refractivity contribution < 1.29 is 44.2 Å². The first kappa shape index (κ1) is 17.3. The standard InChI is InChI=1S/C14H15NO3S.Na/c1-3-18-10-4-5-12-11(7-10)13(6-9(2)15-12)19-8-14(16)17;/h4-7H,3,8H2,1-2H3,(H,16,17);/q;+1/p-1. The van der Waals surface area contributed by atoms with E-state index in [0.717, 1.165) is 27.2 Å². The topological polar surface area (TPSA) is 62.2 Å². The second-order valence-corrected chi connectivity index (χ2v) is 5.05. The summed E-state index contributed by atoms with van der Waals surface area (Å²) in [5, 5.41) is 11.5. The van der Waals surface area contributed by atoms with E-state index >= 15 is 0 Å². The van der Waals surface area contributed by atoms with E-state index in [1.807, 2.05) is 38.1 Å².